The number of aliphatic carboxylic acids is 1. The molecule has 30 heavy (non-hydrogen) atoms. The smallest absolute Gasteiger partial charge is 0.319 e. The number of aromatic nitrogens is 2. The lowest BCUT2D eigenvalue weighted by Crippen LogP contribution is -2.40. The Kier molecular flexibility index (Phi) is 7.26. The second-order valence-corrected chi connectivity index (χ2v) is 7.37. The summed E-state index contributed by atoms with van der Waals surface area (Å²) in [5.41, 5.74) is 1.53. The van der Waals surface area contributed by atoms with Crippen molar-refractivity contribution in [1.82, 2.24) is 15.5 Å². The molecule has 0 bridgehead atoms. The first-order valence-corrected chi connectivity index (χ1v) is 9.73. The monoisotopic (exact) mass is 448 g/mol. The minimum atomic E-state index is -1.07. The first-order valence-electron chi connectivity index (χ1n) is 8.98. The van der Waals surface area contributed by atoms with E-state index in [2.05, 4.69) is 20.8 Å². The Morgan fingerprint density at radius 3 is 2.17 bits per heavy atom. The van der Waals surface area contributed by atoms with E-state index >= 15 is 0 Å². The third-order valence-electron chi connectivity index (χ3n) is 4.06. The first-order chi connectivity index (χ1) is 14.4. The number of carboxylic acids is 1. The Morgan fingerprint density at radius 1 is 0.933 bits per heavy atom. The van der Waals surface area contributed by atoms with Crippen LogP contribution in [0.5, 0.6) is 0 Å². The summed E-state index contributed by atoms with van der Waals surface area (Å²) in [6.07, 6.45) is 0.338. The van der Waals surface area contributed by atoms with Crippen LogP contribution in [0.2, 0.25) is 10.0 Å². The number of hydrogen-bond donors (Lipinski definition) is 3. The van der Waals surface area contributed by atoms with E-state index in [1.165, 1.54) is 0 Å². The van der Waals surface area contributed by atoms with Crippen LogP contribution >= 0.6 is 23.2 Å². The third-order valence-corrected chi connectivity index (χ3v) is 4.57. The molecule has 0 saturated carbocycles. The predicted octanol–water partition coefficient (Wildman–Crippen LogP) is 3.98. The minimum absolute atomic E-state index is 0.00774. The summed E-state index contributed by atoms with van der Waals surface area (Å²) in [5, 5.41) is 23.2. The van der Waals surface area contributed by atoms with Crippen molar-refractivity contribution in [3.05, 3.63) is 75.9 Å². The molecule has 1 heterocycles. The van der Waals surface area contributed by atoms with Gasteiger partial charge in [-0.2, -0.15) is 0 Å². The Balaban J connectivity index is 1.70. The quantitative estimate of drug-likeness (QED) is 0.479. The molecule has 1 unspecified atom stereocenters. The summed E-state index contributed by atoms with van der Waals surface area (Å²) < 4.78 is 5.38. The van der Waals surface area contributed by atoms with E-state index in [1.807, 2.05) is 12.1 Å². The zero-order valence-corrected chi connectivity index (χ0v) is 17.2. The standard InChI is InChI=1S/C20H18Cl2N4O4/c21-13-3-1-12(2-4-13)9-16(10-17-25-26-18(30-17)11-19(27)28)24-20(29)23-15-7-5-14(22)6-8-15/h1-8,16H,9-11H2,(H,27,28)(H2,23,24,29). The van der Waals surface area contributed by atoms with Crippen molar-refractivity contribution in [3.63, 3.8) is 0 Å². The summed E-state index contributed by atoms with van der Waals surface area (Å²) in [7, 11) is 0. The van der Waals surface area contributed by atoms with E-state index in [9.17, 15) is 9.59 Å². The van der Waals surface area contributed by atoms with E-state index in [0.717, 1.165) is 5.56 Å². The molecule has 1 atom stereocenters. The van der Waals surface area contributed by atoms with E-state index in [4.69, 9.17) is 32.7 Å². The number of carboxylic acid groups (broad SMARTS) is 1. The minimum Gasteiger partial charge on any atom is -0.481 e. The van der Waals surface area contributed by atoms with Gasteiger partial charge in [-0.25, -0.2) is 4.79 Å². The zero-order chi connectivity index (χ0) is 21.5. The molecule has 156 valence electrons. The second-order valence-electron chi connectivity index (χ2n) is 6.50. The Morgan fingerprint density at radius 2 is 1.53 bits per heavy atom. The van der Waals surface area contributed by atoms with E-state index in [-0.39, 0.29) is 24.6 Å². The zero-order valence-electron chi connectivity index (χ0n) is 15.6. The second kappa shape index (κ2) is 10.1. The normalized spacial score (nSPS) is 11.7. The molecule has 0 aliphatic rings. The highest BCUT2D eigenvalue weighted by atomic mass is 35.5. The van der Waals surface area contributed by atoms with Gasteiger partial charge in [-0.15, -0.1) is 10.2 Å². The summed E-state index contributed by atoms with van der Waals surface area (Å²) in [6.45, 7) is 0. The van der Waals surface area contributed by atoms with Gasteiger partial charge in [0.1, 0.15) is 6.42 Å². The van der Waals surface area contributed by atoms with Gasteiger partial charge in [0, 0.05) is 28.2 Å². The SMILES string of the molecule is O=C(O)Cc1nnc(CC(Cc2ccc(Cl)cc2)NC(=O)Nc2ccc(Cl)cc2)o1. The van der Waals surface area contributed by atoms with Crippen LogP contribution in [-0.4, -0.2) is 33.3 Å². The maximum atomic E-state index is 12.5. The van der Waals surface area contributed by atoms with Crippen LogP contribution in [0.25, 0.3) is 0 Å². The lowest BCUT2D eigenvalue weighted by molar-refractivity contribution is -0.136. The van der Waals surface area contributed by atoms with Crippen LogP contribution < -0.4 is 10.6 Å². The number of carbonyl (C=O) groups excluding carboxylic acids is 1. The van der Waals surface area contributed by atoms with Crippen LogP contribution in [0, 0.1) is 0 Å². The van der Waals surface area contributed by atoms with Crippen LogP contribution in [0.1, 0.15) is 17.3 Å². The third kappa shape index (κ3) is 6.75. The van der Waals surface area contributed by atoms with E-state index in [1.54, 1.807) is 36.4 Å². The van der Waals surface area contributed by atoms with Crippen molar-refractivity contribution in [2.24, 2.45) is 0 Å². The molecule has 3 aromatic rings. The van der Waals surface area contributed by atoms with Gasteiger partial charge in [0.2, 0.25) is 11.8 Å². The fraction of sp³-hybridized carbons (Fsp3) is 0.200. The molecule has 2 aromatic carbocycles. The fourth-order valence-electron chi connectivity index (χ4n) is 2.75. The van der Waals surface area contributed by atoms with Crippen molar-refractivity contribution in [2.45, 2.75) is 25.3 Å². The molecule has 0 radical (unpaired) electrons. The van der Waals surface area contributed by atoms with Crippen molar-refractivity contribution < 1.29 is 19.1 Å². The van der Waals surface area contributed by atoms with E-state index < -0.39 is 18.0 Å². The Hall–Kier alpha value is -3.10. The van der Waals surface area contributed by atoms with Gasteiger partial charge in [0.05, 0.1) is 0 Å². The molecule has 3 rings (SSSR count). The molecular formula is C20H18Cl2N4O4. The van der Waals surface area contributed by atoms with E-state index in [0.29, 0.717) is 22.2 Å². The van der Waals surface area contributed by atoms with Crippen LogP contribution in [0.4, 0.5) is 10.5 Å². The van der Waals surface area contributed by atoms with Crippen LogP contribution in [0.3, 0.4) is 0 Å². The highest BCUT2D eigenvalue weighted by Crippen LogP contribution is 2.15. The average molecular weight is 449 g/mol. The Labute approximate surface area is 182 Å². The summed E-state index contributed by atoms with van der Waals surface area (Å²) >= 11 is 11.8. The number of nitrogens with zero attached hydrogens (tertiary/aromatic N) is 2. The lowest BCUT2D eigenvalue weighted by Gasteiger charge is -2.18. The highest BCUT2D eigenvalue weighted by Gasteiger charge is 2.19. The van der Waals surface area contributed by atoms with Crippen LogP contribution in [0.15, 0.2) is 52.9 Å². The maximum absolute atomic E-state index is 12.5. The topological polar surface area (TPSA) is 117 Å². The molecular weight excluding hydrogens is 431 g/mol. The van der Waals surface area contributed by atoms with Gasteiger partial charge in [-0.05, 0) is 48.4 Å². The summed E-state index contributed by atoms with van der Waals surface area (Å²) in [5.74, 6) is -0.825. The number of halogens is 2. The molecule has 8 nitrogen and oxygen atoms in total. The number of carbonyl (C=O) groups is 2. The number of nitrogens with one attached hydrogen (secondary N) is 2. The van der Waals surface area contributed by atoms with Crippen LogP contribution in [-0.2, 0) is 24.1 Å². The molecule has 0 spiro atoms. The maximum Gasteiger partial charge on any atom is 0.319 e. The molecule has 0 saturated heterocycles. The van der Waals surface area contributed by atoms with Gasteiger partial charge in [-0.3, -0.25) is 4.79 Å². The van der Waals surface area contributed by atoms with Gasteiger partial charge in [0.25, 0.3) is 0 Å². The summed E-state index contributed by atoms with van der Waals surface area (Å²) in [6, 6.07) is 13.2. The first kappa shape index (κ1) is 21.6. The lowest BCUT2D eigenvalue weighted by atomic mass is 10.0. The molecule has 10 heteroatoms. The number of rotatable bonds is 8. The van der Waals surface area contributed by atoms with Gasteiger partial charge < -0.3 is 20.2 Å². The summed E-state index contributed by atoms with van der Waals surface area (Å²) in [4.78, 5) is 23.3. The van der Waals surface area contributed by atoms with Crippen molar-refractivity contribution >= 4 is 40.9 Å². The largest absolute Gasteiger partial charge is 0.481 e. The number of urea groups is 1. The fourth-order valence-corrected chi connectivity index (χ4v) is 3.00. The number of benzene rings is 2. The number of hydrogen-bond acceptors (Lipinski definition) is 5. The van der Waals surface area contributed by atoms with Gasteiger partial charge in [-0.1, -0.05) is 35.3 Å². The molecule has 0 aliphatic heterocycles. The molecule has 2 amide bonds. The molecule has 0 aliphatic carbocycles. The highest BCUT2D eigenvalue weighted by molar-refractivity contribution is 6.30. The van der Waals surface area contributed by atoms with Gasteiger partial charge >= 0.3 is 12.0 Å². The Bertz CT molecular complexity index is 1010. The number of anilines is 1. The molecule has 3 N–H and O–H groups in total. The average Bonchev–Trinajstić information content (AvgIpc) is 3.11. The predicted molar refractivity (Wildman–Crippen MR) is 112 cm³/mol. The number of amides is 2. The van der Waals surface area contributed by atoms with Crippen molar-refractivity contribution in [3.8, 4) is 0 Å². The van der Waals surface area contributed by atoms with Crippen molar-refractivity contribution in [1.29, 1.82) is 0 Å². The van der Waals surface area contributed by atoms with Crippen molar-refractivity contribution in [2.75, 3.05) is 5.32 Å². The molecule has 0 fully saturated rings. The molecule has 1 aromatic heterocycles. The van der Waals surface area contributed by atoms with Gasteiger partial charge in [0.15, 0.2) is 0 Å².